The minimum atomic E-state index is -1.42. The van der Waals surface area contributed by atoms with E-state index in [1.54, 1.807) is 42.7 Å². The summed E-state index contributed by atoms with van der Waals surface area (Å²) < 4.78 is 0. The number of aromatic amines is 2. The number of H-pyrrole nitrogens is 2. The van der Waals surface area contributed by atoms with E-state index in [1.807, 2.05) is 132 Å². The molecular weight excluding hydrogens is 1700 g/mol. The zero-order chi connectivity index (χ0) is 97.6. The highest BCUT2D eigenvalue weighted by molar-refractivity contribution is 6.02. The summed E-state index contributed by atoms with van der Waals surface area (Å²) in [4.78, 5) is 251. The van der Waals surface area contributed by atoms with Crippen LogP contribution in [0.1, 0.15) is 216 Å². The number of hydrogen-bond acceptors (Lipinski definition) is 17. The summed E-state index contributed by atoms with van der Waals surface area (Å²) in [6.07, 6.45) is 7.04. The lowest BCUT2D eigenvalue weighted by Gasteiger charge is -2.36. The quantitative estimate of drug-likeness (QED) is 0.0360. The monoisotopic (exact) mass is 1850 g/mol. The molecule has 35 heteroatoms. The Hall–Kier alpha value is -11.8. The number of carbonyl (C=O) groups is 16. The summed E-state index contributed by atoms with van der Waals surface area (Å²) in [5, 5.41) is 33.2. The van der Waals surface area contributed by atoms with E-state index >= 15 is 43.2 Å². The van der Waals surface area contributed by atoms with Gasteiger partial charge in [0.25, 0.3) is 0 Å². The van der Waals surface area contributed by atoms with Gasteiger partial charge in [-0.3, -0.25) is 76.7 Å². The van der Waals surface area contributed by atoms with Gasteiger partial charge in [-0.05, 0) is 155 Å². The number of fused-ring (bicyclic) bond motifs is 4. The van der Waals surface area contributed by atoms with Crippen molar-refractivity contribution >= 4 is 116 Å². The summed E-state index contributed by atoms with van der Waals surface area (Å²) in [5.74, 6) is -12.2. The molecule has 0 spiro atoms. The Morgan fingerprint density at radius 3 is 1.31 bits per heavy atom. The minimum absolute atomic E-state index is 0.00530. The third-order valence-electron chi connectivity index (χ3n) is 25.1. The molecule has 0 aliphatic carbocycles. The number of primary amides is 1. The number of carbonyl (C=O) groups excluding carboxylic acids is 16. The molecule has 14 atom stereocenters. The van der Waals surface area contributed by atoms with E-state index in [9.17, 15) is 33.6 Å². The second kappa shape index (κ2) is 51.5. The molecule has 15 N–H and O–H groups in total. The van der Waals surface area contributed by atoms with Crippen molar-refractivity contribution in [1.29, 1.82) is 0 Å². The standard InChI is InChI=1S/C98H147N19O16/c1-17-19-38-79-91(126)107-72(46-58(5)6)87(122)105-70(86(121)103-55-83(99)118)37-28-42-100-56-84(119)104-77(50-63-31-22-21-23-32-63)94(129)113(14)62(13)85(120)110-75(48-60(9)10)96(131)116-43-29-40-80(116)92(127)108-73(47-59(7)8)89(124)111-76(49-61(11)12)97(132)117-44-30-41-81(117)93(128)109-74(51-64-53-101-68-35-26-24-33-66(64)68)90(125)106-71(45-57(3)4)88(123)112-78(52-65-54-102-69-36-27-25-34-67(65)69)95(130)115(16)82(39-20-18-2)98(133)114(79)15/h21-27,31-36,53-54,57-62,70-82,100-102H,17-20,28-30,37-52,55-56H2,1-16H3,(H2,99,118)(H,103,121)(H,104,119)(H,105,122)(H,106,125)(H,107,126)(H,108,127)(H,109,128)(H,110,120)(H,111,124)(H,112,123)/t62-,70-,71-,72-,73-,74-,75?,76-,77-,78-,79-,80-,81-,82-/m0/s1. The number of nitrogens with one attached hydrogen (secondary N) is 13. The predicted molar refractivity (Wildman–Crippen MR) is 507 cm³/mol. The Balaban J connectivity index is 1.17. The summed E-state index contributed by atoms with van der Waals surface area (Å²) in [7, 11) is 4.32. The second-order valence-corrected chi connectivity index (χ2v) is 38.3. The molecule has 0 radical (unpaired) electrons. The molecule has 133 heavy (non-hydrogen) atoms. The Kier molecular flexibility index (Phi) is 41.2. The fraction of sp³-hybridized carbons (Fsp3) is 0.612. The van der Waals surface area contributed by atoms with Crippen LogP contribution in [-0.4, -0.2) is 267 Å². The van der Waals surface area contributed by atoms with Crippen molar-refractivity contribution in [3.05, 3.63) is 108 Å². The van der Waals surface area contributed by atoms with Crippen LogP contribution in [0, 0.1) is 29.6 Å². The van der Waals surface area contributed by atoms with E-state index in [0.717, 1.165) is 21.8 Å². The summed E-state index contributed by atoms with van der Waals surface area (Å²) in [6, 6.07) is 5.97. The van der Waals surface area contributed by atoms with Gasteiger partial charge in [0, 0.05) is 87.7 Å². The Bertz CT molecular complexity index is 4820. The highest BCUT2D eigenvalue weighted by atomic mass is 16.2. The summed E-state index contributed by atoms with van der Waals surface area (Å²) in [5.41, 5.74) is 8.88. The van der Waals surface area contributed by atoms with E-state index < -0.39 is 186 Å². The van der Waals surface area contributed by atoms with E-state index in [4.69, 9.17) is 5.73 Å². The molecule has 3 saturated heterocycles. The predicted octanol–water partition coefficient (Wildman–Crippen LogP) is 5.12. The zero-order valence-electron chi connectivity index (χ0n) is 80.7. The largest absolute Gasteiger partial charge is 0.368 e. The number of para-hydroxylation sites is 2. The highest BCUT2D eigenvalue weighted by Crippen LogP contribution is 2.29. The lowest BCUT2D eigenvalue weighted by Crippen LogP contribution is -2.61. The number of likely N-dealkylation sites (N-methyl/N-ethyl adjacent to an activating group) is 3. The molecule has 16 amide bonds. The van der Waals surface area contributed by atoms with Gasteiger partial charge in [-0.2, -0.15) is 0 Å². The molecule has 5 aromatic rings. The first-order valence-electron chi connectivity index (χ1n) is 47.7. The number of hydrogen-bond donors (Lipinski definition) is 14. The van der Waals surface area contributed by atoms with Crippen molar-refractivity contribution in [1.82, 2.24) is 93.0 Å². The van der Waals surface area contributed by atoms with E-state index in [0.29, 0.717) is 55.2 Å². The van der Waals surface area contributed by atoms with Crippen molar-refractivity contribution in [2.45, 2.75) is 303 Å². The van der Waals surface area contributed by atoms with Gasteiger partial charge in [-0.15, -0.1) is 0 Å². The molecule has 3 fully saturated rings. The lowest BCUT2D eigenvalue weighted by atomic mass is 9.98. The molecule has 5 heterocycles. The van der Waals surface area contributed by atoms with Crippen molar-refractivity contribution in [3.63, 3.8) is 0 Å². The second-order valence-electron chi connectivity index (χ2n) is 38.3. The van der Waals surface area contributed by atoms with Crippen LogP contribution in [0.25, 0.3) is 21.8 Å². The first-order valence-corrected chi connectivity index (χ1v) is 47.7. The van der Waals surface area contributed by atoms with E-state index in [2.05, 4.69) is 68.5 Å². The molecule has 35 nitrogen and oxygen atoms in total. The maximum Gasteiger partial charge on any atom is 0.245 e. The zero-order valence-corrected chi connectivity index (χ0v) is 80.7. The molecule has 3 aromatic carbocycles. The van der Waals surface area contributed by atoms with E-state index in [-0.39, 0.29) is 146 Å². The molecule has 730 valence electrons. The number of nitrogens with two attached hydrogens (primary N) is 1. The molecule has 3 aliphatic heterocycles. The normalized spacial score (nSPS) is 24.9. The molecule has 8 rings (SSSR count). The van der Waals surface area contributed by atoms with Gasteiger partial charge >= 0.3 is 0 Å². The molecule has 2 aromatic heterocycles. The number of nitrogens with zero attached hydrogens (tertiary/aromatic N) is 5. The maximum absolute atomic E-state index is 15.9. The van der Waals surface area contributed by atoms with E-state index in [1.165, 1.54) is 52.6 Å². The average Bonchev–Trinajstić information content (AvgIpc) is 1.73. The lowest BCUT2D eigenvalue weighted by molar-refractivity contribution is -0.149. The van der Waals surface area contributed by atoms with Crippen molar-refractivity contribution in [2.24, 2.45) is 35.3 Å². The van der Waals surface area contributed by atoms with Gasteiger partial charge in [-0.25, -0.2) is 0 Å². The fourth-order valence-electron chi connectivity index (χ4n) is 17.8. The van der Waals surface area contributed by atoms with Crippen molar-refractivity contribution < 1.29 is 76.7 Å². The Morgan fingerprint density at radius 1 is 0.414 bits per heavy atom. The smallest absolute Gasteiger partial charge is 0.245 e. The fourth-order valence-corrected chi connectivity index (χ4v) is 17.8. The topological polar surface area (TPSA) is 479 Å². The number of benzene rings is 3. The van der Waals surface area contributed by atoms with Crippen LogP contribution < -0.4 is 64.2 Å². The number of rotatable bonds is 25. The third-order valence-corrected chi connectivity index (χ3v) is 25.1. The maximum atomic E-state index is 15.9. The Labute approximate surface area is 782 Å². The SMILES string of the molecule is CCCC[C@H]1C(=O)N(C)[C@@H](CCCC)C(=O)N[C@@H](CC(C)C)C(=O)N[C@H](C(=O)NCC(N)=O)CCCNCC(=O)N[C@@H](Cc2ccccc2)C(=O)N(C)[C@@H](C)C(=O)NC(CC(C)C)C(=O)N2CCC[C@H]2C(=O)N[C@@H](CC(C)C)C(=O)N[C@@H](CC(C)C)C(=O)N2CCC[C@H]2C(=O)N[C@@H](Cc2c[nH]c3ccccc23)C(=O)N[C@@H](CC(C)C)C(=O)N[C@@H](Cc2c[nH]c3ccccc23)C(=O)N1C. The summed E-state index contributed by atoms with van der Waals surface area (Å²) >= 11 is 0. The van der Waals surface area contributed by atoms with Crippen LogP contribution in [0.15, 0.2) is 91.3 Å². The van der Waals surface area contributed by atoms with Crippen LogP contribution in [-0.2, 0) is 96.0 Å². The van der Waals surface area contributed by atoms with Crippen LogP contribution in [0.2, 0.25) is 0 Å². The van der Waals surface area contributed by atoms with Crippen LogP contribution in [0.3, 0.4) is 0 Å². The van der Waals surface area contributed by atoms with Gasteiger partial charge in [-0.1, -0.05) is 175 Å². The first kappa shape index (κ1) is 107. The highest BCUT2D eigenvalue weighted by Gasteiger charge is 2.46. The molecule has 0 bridgehead atoms. The third kappa shape index (κ3) is 30.9. The minimum Gasteiger partial charge on any atom is -0.368 e. The van der Waals surface area contributed by atoms with Gasteiger partial charge in [0.1, 0.15) is 84.6 Å². The van der Waals surface area contributed by atoms with Crippen LogP contribution >= 0.6 is 0 Å². The van der Waals surface area contributed by atoms with Crippen LogP contribution in [0.5, 0.6) is 0 Å². The van der Waals surface area contributed by atoms with Gasteiger partial charge in [0.2, 0.25) is 94.5 Å². The number of amides is 16. The van der Waals surface area contributed by atoms with Gasteiger partial charge in [0.15, 0.2) is 0 Å². The van der Waals surface area contributed by atoms with Crippen molar-refractivity contribution in [2.75, 3.05) is 53.9 Å². The van der Waals surface area contributed by atoms with Crippen molar-refractivity contribution in [3.8, 4) is 0 Å². The average molecular weight is 1850 g/mol. The summed E-state index contributed by atoms with van der Waals surface area (Å²) in [6.45, 7) is 23.2. The first-order chi connectivity index (χ1) is 63.2. The van der Waals surface area contributed by atoms with Gasteiger partial charge in [0.05, 0.1) is 13.1 Å². The number of unbranched alkanes of at least 4 members (excludes halogenated alkanes) is 2. The van der Waals surface area contributed by atoms with Gasteiger partial charge < -0.3 is 98.7 Å². The molecule has 0 saturated carbocycles. The molecule has 3 aliphatic rings. The number of aromatic nitrogens is 2. The van der Waals surface area contributed by atoms with Crippen LogP contribution in [0.4, 0.5) is 0 Å². The molecule has 1 unspecified atom stereocenters. The Morgan fingerprint density at radius 2 is 0.812 bits per heavy atom. The molecular formula is C98H147N19O16.